The predicted octanol–water partition coefficient (Wildman–Crippen LogP) is 3.86. The number of carbonyl (C=O) groups excluding carboxylic acids is 2. The second kappa shape index (κ2) is 9.70. The van der Waals surface area contributed by atoms with Crippen molar-refractivity contribution in [2.75, 3.05) is 28.3 Å². The van der Waals surface area contributed by atoms with Gasteiger partial charge in [-0.3, -0.25) is 24.5 Å². The van der Waals surface area contributed by atoms with E-state index >= 15 is 0 Å². The van der Waals surface area contributed by atoms with Gasteiger partial charge >= 0.3 is 6.18 Å². The molecular weight excluding hydrogens is 547 g/mol. The molecule has 0 saturated carbocycles. The normalized spacial score (nSPS) is 20.8. The second-order valence-electron chi connectivity index (χ2n) is 10.3. The van der Waals surface area contributed by atoms with Crippen LogP contribution in [0.15, 0.2) is 36.5 Å². The number of pyridine rings is 1. The first-order valence-electron chi connectivity index (χ1n) is 12.7. The monoisotopic (exact) mass is 571 g/mol. The molecule has 40 heavy (non-hydrogen) atoms. The summed E-state index contributed by atoms with van der Waals surface area (Å²) in [4.78, 5) is 45.3. The van der Waals surface area contributed by atoms with Gasteiger partial charge < -0.3 is 15.1 Å². The Kier molecular flexibility index (Phi) is 6.42. The van der Waals surface area contributed by atoms with Crippen LogP contribution >= 0.6 is 11.6 Å². The second-order valence-corrected chi connectivity index (χ2v) is 10.7. The van der Waals surface area contributed by atoms with E-state index in [0.29, 0.717) is 41.7 Å². The molecule has 0 bridgehead atoms. The number of alkyl halides is 3. The largest absolute Gasteiger partial charge is 0.416 e. The van der Waals surface area contributed by atoms with Crippen molar-refractivity contribution in [3.8, 4) is 0 Å². The third-order valence-electron chi connectivity index (χ3n) is 7.54. The van der Waals surface area contributed by atoms with Gasteiger partial charge in [-0.1, -0.05) is 17.7 Å². The van der Waals surface area contributed by atoms with E-state index in [-0.39, 0.29) is 24.5 Å². The number of hydrogen-bond acceptors (Lipinski definition) is 7. The zero-order valence-electron chi connectivity index (χ0n) is 21.7. The minimum absolute atomic E-state index is 0.0444. The van der Waals surface area contributed by atoms with Crippen molar-refractivity contribution in [3.05, 3.63) is 69.9 Å². The molecule has 13 heteroatoms. The number of halogens is 4. The van der Waals surface area contributed by atoms with Gasteiger partial charge in [0.15, 0.2) is 0 Å². The molecule has 5 heterocycles. The Morgan fingerprint density at radius 1 is 1.12 bits per heavy atom. The lowest BCUT2D eigenvalue weighted by atomic mass is 9.95. The number of nitrogens with zero attached hydrogens (tertiary/aromatic N) is 6. The molecule has 3 aliphatic rings. The van der Waals surface area contributed by atoms with Crippen LogP contribution in [0.2, 0.25) is 5.02 Å². The van der Waals surface area contributed by atoms with E-state index < -0.39 is 35.5 Å². The smallest absolute Gasteiger partial charge is 0.362 e. The van der Waals surface area contributed by atoms with E-state index in [1.807, 2.05) is 4.90 Å². The molecule has 1 aromatic carbocycles. The summed E-state index contributed by atoms with van der Waals surface area (Å²) in [5.41, 5.74) is 2.73. The van der Waals surface area contributed by atoms with Gasteiger partial charge in [0.25, 0.3) is 0 Å². The highest BCUT2D eigenvalue weighted by atomic mass is 35.5. The van der Waals surface area contributed by atoms with Crippen LogP contribution < -0.4 is 20.0 Å². The first-order valence-corrected chi connectivity index (χ1v) is 13.1. The van der Waals surface area contributed by atoms with Gasteiger partial charge in [-0.15, -0.1) is 0 Å². The van der Waals surface area contributed by atoms with Crippen LogP contribution in [-0.2, 0) is 35.4 Å². The van der Waals surface area contributed by atoms with E-state index in [1.165, 1.54) is 11.8 Å². The zero-order valence-corrected chi connectivity index (χ0v) is 22.4. The molecule has 6 rings (SSSR count). The number of amides is 2. The number of anilines is 3. The molecule has 0 unspecified atom stereocenters. The van der Waals surface area contributed by atoms with Crippen LogP contribution in [0.4, 0.5) is 30.4 Å². The summed E-state index contributed by atoms with van der Waals surface area (Å²) in [7, 11) is 1.57. The highest BCUT2D eigenvalue weighted by molar-refractivity contribution is 6.34. The molecule has 2 aromatic heterocycles. The number of benzene rings is 1. The SMILES string of the molecule is Cc1cc(C(F)(F)F)cc(N2C(=O)C[C@@H]3CN(Cc4cnc5c(n4)CNC5)c4c(Cl)cccc4N(C)C(=O)[C@H]32)n1. The number of likely N-dealkylation sites (N-methyl/N-ethyl adjacent to an activating group) is 1. The summed E-state index contributed by atoms with van der Waals surface area (Å²) in [5, 5.41) is 3.64. The molecule has 1 fully saturated rings. The van der Waals surface area contributed by atoms with Gasteiger partial charge in [0, 0.05) is 44.7 Å². The van der Waals surface area contributed by atoms with Crippen LogP contribution in [0.1, 0.15) is 34.8 Å². The number of aryl methyl sites for hydroxylation is 1. The van der Waals surface area contributed by atoms with Crippen molar-refractivity contribution in [1.29, 1.82) is 0 Å². The van der Waals surface area contributed by atoms with Crippen molar-refractivity contribution < 1.29 is 22.8 Å². The van der Waals surface area contributed by atoms with Gasteiger partial charge in [0.2, 0.25) is 11.8 Å². The fourth-order valence-corrected chi connectivity index (χ4v) is 6.05. The molecule has 9 nitrogen and oxygen atoms in total. The van der Waals surface area contributed by atoms with Gasteiger partial charge in [-0.05, 0) is 31.2 Å². The van der Waals surface area contributed by atoms with Gasteiger partial charge in [-0.25, -0.2) is 4.98 Å². The van der Waals surface area contributed by atoms with E-state index in [2.05, 4.69) is 15.3 Å². The van der Waals surface area contributed by atoms with Crippen molar-refractivity contribution in [2.45, 2.75) is 45.2 Å². The number of fused-ring (bicyclic) bond motifs is 3. The number of nitrogens with one attached hydrogen (secondary N) is 1. The Morgan fingerprint density at radius 2 is 1.90 bits per heavy atom. The maximum absolute atomic E-state index is 13.9. The van der Waals surface area contributed by atoms with Crippen LogP contribution in [0, 0.1) is 12.8 Å². The minimum Gasteiger partial charge on any atom is -0.362 e. The molecule has 2 atom stereocenters. The van der Waals surface area contributed by atoms with E-state index in [9.17, 15) is 22.8 Å². The fraction of sp³-hybridized carbons (Fsp3) is 0.370. The maximum Gasteiger partial charge on any atom is 0.416 e. The maximum atomic E-state index is 13.9. The predicted molar refractivity (Wildman–Crippen MR) is 142 cm³/mol. The third-order valence-corrected chi connectivity index (χ3v) is 7.85. The minimum atomic E-state index is -4.63. The highest BCUT2D eigenvalue weighted by Crippen LogP contribution is 2.43. The Labute approximate surface area is 233 Å². The molecule has 3 aromatic rings. The first kappa shape index (κ1) is 26.5. The molecule has 0 spiro atoms. The van der Waals surface area contributed by atoms with Crippen LogP contribution in [0.3, 0.4) is 0 Å². The summed E-state index contributed by atoms with van der Waals surface area (Å²) in [5.74, 6) is -1.64. The molecular formula is C27H25ClF3N7O2. The van der Waals surface area contributed by atoms with Gasteiger partial charge in [0.1, 0.15) is 11.9 Å². The third kappa shape index (κ3) is 4.54. The molecule has 0 aliphatic carbocycles. The molecule has 208 valence electrons. The average molecular weight is 572 g/mol. The number of carbonyl (C=O) groups is 2. The van der Waals surface area contributed by atoms with Gasteiger partial charge in [0.05, 0.1) is 51.8 Å². The topological polar surface area (TPSA) is 94.6 Å². The number of rotatable bonds is 3. The summed E-state index contributed by atoms with van der Waals surface area (Å²) in [6.45, 7) is 3.23. The number of para-hydroxylation sites is 1. The molecule has 0 radical (unpaired) electrons. The van der Waals surface area contributed by atoms with Crippen LogP contribution in [0.25, 0.3) is 0 Å². The van der Waals surface area contributed by atoms with Gasteiger partial charge in [-0.2, -0.15) is 13.2 Å². The highest BCUT2D eigenvalue weighted by Gasteiger charge is 2.49. The summed E-state index contributed by atoms with van der Waals surface area (Å²) in [6.07, 6.45) is -2.97. The number of hydrogen-bond donors (Lipinski definition) is 1. The first-order chi connectivity index (χ1) is 19.0. The number of aromatic nitrogens is 3. The van der Waals surface area contributed by atoms with E-state index in [0.717, 1.165) is 28.4 Å². The van der Waals surface area contributed by atoms with Crippen molar-refractivity contribution in [1.82, 2.24) is 20.3 Å². The summed E-state index contributed by atoms with van der Waals surface area (Å²) < 4.78 is 40.9. The lowest BCUT2D eigenvalue weighted by Crippen LogP contribution is -2.52. The Morgan fingerprint density at radius 3 is 2.67 bits per heavy atom. The Balaban J connectivity index is 1.43. The van der Waals surface area contributed by atoms with E-state index in [4.69, 9.17) is 16.6 Å². The van der Waals surface area contributed by atoms with Crippen molar-refractivity contribution in [3.63, 3.8) is 0 Å². The Hall–Kier alpha value is -3.77. The molecule has 3 aliphatic heterocycles. The lowest BCUT2D eigenvalue weighted by Gasteiger charge is -2.39. The molecule has 1 saturated heterocycles. The van der Waals surface area contributed by atoms with Crippen LogP contribution in [0.5, 0.6) is 0 Å². The standard InChI is InChI=1S/C27H25ClF3N7O2/c1-14-6-16(27(29,30)31)8-22(34-14)38-23(39)7-15-12-37(13-17-9-33-19-10-32-11-20(19)35-17)25-18(28)4-3-5-21(25)36(2)26(40)24(15)38/h3-6,8-9,15,24,32H,7,10-13H2,1-2H3/t15-,24+/m1/s1. The van der Waals surface area contributed by atoms with E-state index in [1.54, 1.807) is 31.4 Å². The molecule has 2 amide bonds. The van der Waals surface area contributed by atoms with Crippen molar-refractivity contribution >= 4 is 40.6 Å². The average Bonchev–Trinajstić information content (AvgIpc) is 3.49. The van der Waals surface area contributed by atoms with Crippen molar-refractivity contribution in [2.24, 2.45) is 5.92 Å². The Bertz CT molecular complexity index is 1530. The lowest BCUT2D eigenvalue weighted by molar-refractivity contribution is -0.137. The zero-order chi connectivity index (χ0) is 28.3. The summed E-state index contributed by atoms with van der Waals surface area (Å²) in [6, 6.07) is 5.89. The fourth-order valence-electron chi connectivity index (χ4n) is 5.76. The van der Waals surface area contributed by atoms with Crippen LogP contribution in [-0.4, -0.2) is 46.4 Å². The quantitative estimate of drug-likeness (QED) is 0.510. The summed E-state index contributed by atoms with van der Waals surface area (Å²) >= 11 is 6.69. The molecule has 1 N–H and O–H groups in total.